The maximum absolute atomic E-state index is 6.04. The number of hydrogen-bond donors (Lipinski definition) is 1. The van der Waals surface area contributed by atoms with Crippen LogP contribution in [0.15, 0.2) is 24.3 Å². The molecule has 19 heavy (non-hydrogen) atoms. The number of para-hydroxylation sites is 1. The maximum Gasteiger partial charge on any atom is 0.123 e. The van der Waals surface area contributed by atoms with Crippen LogP contribution >= 0.6 is 0 Å². The van der Waals surface area contributed by atoms with Crippen molar-refractivity contribution in [3.8, 4) is 5.75 Å². The number of rotatable bonds is 6. The molecule has 2 rings (SSSR count). The maximum atomic E-state index is 6.04. The third-order valence-electron chi connectivity index (χ3n) is 3.99. The third-order valence-corrected chi connectivity index (χ3v) is 3.99. The molecule has 1 aliphatic heterocycles. The molecular weight excluding hydrogens is 236 g/mol. The van der Waals surface area contributed by atoms with Crippen LogP contribution in [0.5, 0.6) is 5.75 Å². The van der Waals surface area contributed by atoms with Crippen LogP contribution in [0.2, 0.25) is 0 Å². The second-order valence-electron chi connectivity index (χ2n) is 6.01. The van der Waals surface area contributed by atoms with Crippen molar-refractivity contribution in [2.24, 2.45) is 5.73 Å². The summed E-state index contributed by atoms with van der Waals surface area (Å²) in [6, 6.07) is 8.34. The average Bonchev–Trinajstić information content (AvgIpc) is 2.80. The molecular formula is C16H26N2O. The molecule has 1 aliphatic rings. The van der Waals surface area contributed by atoms with Crippen molar-refractivity contribution in [1.29, 1.82) is 0 Å². The fraction of sp³-hybridized carbons (Fsp3) is 0.625. The third kappa shape index (κ3) is 3.28. The number of nitrogens with zero attached hydrogens (tertiary/aromatic N) is 1. The van der Waals surface area contributed by atoms with Crippen molar-refractivity contribution in [3.05, 3.63) is 29.8 Å². The van der Waals surface area contributed by atoms with Gasteiger partial charge in [0.15, 0.2) is 0 Å². The quantitative estimate of drug-likeness (QED) is 0.856. The van der Waals surface area contributed by atoms with E-state index in [1.165, 1.54) is 5.56 Å². The summed E-state index contributed by atoms with van der Waals surface area (Å²) in [5.74, 6) is 1.05. The van der Waals surface area contributed by atoms with Gasteiger partial charge in [0, 0.05) is 25.0 Å². The molecule has 1 aromatic rings. The van der Waals surface area contributed by atoms with E-state index in [-0.39, 0.29) is 11.6 Å². The Morgan fingerprint density at radius 1 is 1.37 bits per heavy atom. The highest BCUT2D eigenvalue weighted by Crippen LogP contribution is 2.29. The van der Waals surface area contributed by atoms with Crippen molar-refractivity contribution >= 4 is 0 Å². The van der Waals surface area contributed by atoms with Gasteiger partial charge in [-0.2, -0.15) is 0 Å². The molecule has 0 radical (unpaired) electrons. The Morgan fingerprint density at radius 3 is 2.74 bits per heavy atom. The number of benzene rings is 1. The smallest absolute Gasteiger partial charge is 0.123 e. The largest absolute Gasteiger partial charge is 0.488 e. The molecule has 2 N–H and O–H groups in total. The Labute approximate surface area is 116 Å². The van der Waals surface area contributed by atoms with E-state index >= 15 is 0 Å². The van der Waals surface area contributed by atoms with Crippen LogP contribution < -0.4 is 10.5 Å². The van der Waals surface area contributed by atoms with Crippen molar-refractivity contribution in [2.75, 3.05) is 19.6 Å². The summed E-state index contributed by atoms with van der Waals surface area (Å²) >= 11 is 0. The van der Waals surface area contributed by atoms with Gasteiger partial charge in [-0.05, 0) is 38.4 Å². The summed E-state index contributed by atoms with van der Waals surface area (Å²) < 4.78 is 6.04. The van der Waals surface area contributed by atoms with Crippen LogP contribution in [0.25, 0.3) is 0 Å². The van der Waals surface area contributed by atoms with Crippen molar-refractivity contribution < 1.29 is 4.74 Å². The van der Waals surface area contributed by atoms with E-state index < -0.39 is 0 Å². The summed E-state index contributed by atoms with van der Waals surface area (Å²) in [7, 11) is 0. The standard InChI is InChI=1S/C16H26N2O/c1-4-9-18(16(2,3)12-17)11-14-10-13-7-5-6-8-15(13)19-14/h5-8,14H,4,9-12,17H2,1-3H3. The predicted molar refractivity (Wildman–Crippen MR) is 79.6 cm³/mol. The Bertz CT molecular complexity index is 392. The number of nitrogens with two attached hydrogens (primary N) is 1. The Balaban J connectivity index is 2.01. The first kappa shape index (κ1) is 14.4. The van der Waals surface area contributed by atoms with Gasteiger partial charge in [-0.3, -0.25) is 4.90 Å². The first-order valence-corrected chi connectivity index (χ1v) is 7.26. The molecule has 1 heterocycles. The Hall–Kier alpha value is -1.06. The lowest BCUT2D eigenvalue weighted by Gasteiger charge is -2.38. The van der Waals surface area contributed by atoms with Crippen LogP contribution in [0.3, 0.4) is 0 Å². The number of fused-ring (bicyclic) bond motifs is 1. The van der Waals surface area contributed by atoms with E-state index in [9.17, 15) is 0 Å². The predicted octanol–water partition coefficient (Wildman–Crippen LogP) is 2.44. The molecule has 0 amide bonds. The molecule has 0 saturated carbocycles. The van der Waals surface area contributed by atoms with Crippen LogP contribution in [-0.2, 0) is 6.42 Å². The summed E-state index contributed by atoms with van der Waals surface area (Å²) in [5, 5.41) is 0. The normalized spacial score (nSPS) is 18.5. The Kier molecular flexibility index (Phi) is 4.48. The van der Waals surface area contributed by atoms with Gasteiger partial charge < -0.3 is 10.5 Å². The molecule has 0 fully saturated rings. The topological polar surface area (TPSA) is 38.5 Å². The summed E-state index contributed by atoms with van der Waals surface area (Å²) in [5.41, 5.74) is 7.28. The fourth-order valence-electron chi connectivity index (χ4n) is 2.64. The van der Waals surface area contributed by atoms with E-state index in [1.54, 1.807) is 0 Å². The molecule has 3 nitrogen and oxygen atoms in total. The van der Waals surface area contributed by atoms with Crippen LogP contribution in [0, 0.1) is 0 Å². The van der Waals surface area contributed by atoms with Crippen LogP contribution in [0.1, 0.15) is 32.8 Å². The number of hydrogen-bond acceptors (Lipinski definition) is 3. The van der Waals surface area contributed by atoms with Crippen molar-refractivity contribution in [3.63, 3.8) is 0 Å². The highest BCUT2D eigenvalue weighted by molar-refractivity contribution is 5.37. The molecule has 106 valence electrons. The van der Waals surface area contributed by atoms with Crippen LogP contribution in [0.4, 0.5) is 0 Å². The van der Waals surface area contributed by atoms with Gasteiger partial charge in [-0.1, -0.05) is 25.1 Å². The van der Waals surface area contributed by atoms with E-state index in [0.717, 1.165) is 31.7 Å². The van der Waals surface area contributed by atoms with Gasteiger partial charge >= 0.3 is 0 Å². The highest BCUT2D eigenvalue weighted by Gasteiger charge is 2.30. The zero-order chi connectivity index (χ0) is 13.9. The second kappa shape index (κ2) is 5.93. The van der Waals surface area contributed by atoms with E-state index in [4.69, 9.17) is 10.5 Å². The zero-order valence-corrected chi connectivity index (χ0v) is 12.4. The summed E-state index contributed by atoms with van der Waals surface area (Å²) in [4.78, 5) is 2.46. The summed E-state index contributed by atoms with van der Waals surface area (Å²) in [6.45, 7) is 9.33. The minimum absolute atomic E-state index is 0.0359. The lowest BCUT2D eigenvalue weighted by Crippen LogP contribution is -2.52. The zero-order valence-electron chi connectivity index (χ0n) is 12.4. The molecule has 1 atom stereocenters. The number of ether oxygens (including phenoxy) is 1. The highest BCUT2D eigenvalue weighted by atomic mass is 16.5. The Morgan fingerprint density at radius 2 is 2.11 bits per heavy atom. The molecule has 0 bridgehead atoms. The molecule has 0 aromatic heterocycles. The summed E-state index contributed by atoms with van der Waals surface area (Å²) in [6.07, 6.45) is 2.41. The molecule has 0 aliphatic carbocycles. The van der Waals surface area contributed by atoms with E-state index in [0.29, 0.717) is 6.54 Å². The van der Waals surface area contributed by atoms with Gasteiger partial charge in [0.1, 0.15) is 11.9 Å². The average molecular weight is 262 g/mol. The monoisotopic (exact) mass is 262 g/mol. The molecule has 0 spiro atoms. The molecule has 3 heteroatoms. The van der Waals surface area contributed by atoms with Crippen LogP contribution in [-0.4, -0.2) is 36.2 Å². The van der Waals surface area contributed by atoms with Gasteiger partial charge in [-0.15, -0.1) is 0 Å². The van der Waals surface area contributed by atoms with Gasteiger partial charge in [0.2, 0.25) is 0 Å². The fourth-order valence-corrected chi connectivity index (χ4v) is 2.64. The molecule has 1 unspecified atom stereocenters. The van der Waals surface area contributed by atoms with Gasteiger partial charge in [-0.25, -0.2) is 0 Å². The van der Waals surface area contributed by atoms with Gasteiger partial charge in [0.05, 0.1) is 0 Å². The minimum Gasteiger partial charge on any atom is -0.488 e. The molecule has 1 aromatic carbocycles. The minimum atomic E-state index is 0.0359. The first-order valence-electron chi connectivity index (χ1n) is 7.26. The van der Waals surface area contributed by atoms with Crippen molar-refractivity contribution in [1.82, 2.24) is 4.90 Å². The van der Waals surface area contributed by atoms with Crippen molar-refractivity contribution in [2.45, 2.75) is 45.3 Å². The van der Waals surface area contributed by atoms with Gasteiger partial charge in [0.25, 0.3) is 0 Å². The van der Waals surface area contributed by atoms with E-state index in [2.05, 4.69) is 43.9 Å². The molecule has 0 saturated heterocycles. The first-order chi connectivity index (χ1) is 9.06. The lowest BCUT2D eigenvalue weighted by molar-refractivity contribution is 0.0745. The van der Waals surface area contributed by atoms with E-state index in [1.807, 2.05) is 6.07 Å². The second-order valence-corrected chi connectivity index (χ2v) is 6.01. The SMILES string of the molecule is CCCN(CC1Cc2ccccc2O1)C(C)(C)CN. The lowest BCUT2D eigenvalue weighted by atomic mass is 10.0.